The number of piperidine rings is 1. The Morgan fingerprint density at radius 3 is 2.85 bits per heavy atom. The van der Waals surface area contributed by atoms with Crippen LogP contribution in [0.1, 0.15) is 39.2 Å². The van der Waals surface area contributed by atoms with Gasteiger partial charge in [0.2, 0.25) is 0 Å². The summed E-state index contributed by atoms with van der Waals surface area (Å²) < 4.78 is 0. The smallest absolute Gasteiger partial charge is 0.191 e. The fourth-order valence-corrected chi connectivity index (χ4v) is 3.51. The molecular weight excluding hydrogens is 459 g/mol. The van der Waals surface area contributed by atoms with Crippen molar-refractivity contribution in [2.45, 2.75) is 46.1 Å². The fourth-order valence-electron chi connectivity index (χ4n) is 3.30. The van der Waals surface area contributed by atoms with Gasteiger partial charge in [-0.2, -0.15) is 0 Å². The second kappa shape index (κ2) is 12.8. The zero-order valence-electron chi connectivity index (χ0n) is 16.3. The summed E-state index contributed by atoms with van der Waals surface area (Å²) >= 11 is 6.05. The molecular formula is C20H34ClIN4. The molecule has 0 amide bonds. The molecule has 0 radical (unpaired) electrons. The van der Waals surface area contributed by atoms with E-state index in [2.05, 4.69) is 42.4 Å². The van der Waals surface area contributed by atoms with Crippen LogP contribution in [0.4, 0.5) is 0 Å². The number of benzene rings is 1. The number of hydrogen-bond acceptors (Lipinski definition) is 2. The van der Waals surface area contributed by atoms with Gasteiger partial charge in [0.25, 0.3) is 0 Å². The summed E-state index contributed by atoms with van der Waals surface area (Å²) in [4.78, 5) is 7.39. The normalized spacial score (nSPS) is 18.5. The van der Waals surface area contributed by atoms with Crippen LogP contribution in [0, 0.1) is 5.92 Å². The molecule has 1 unspecified atom stereocenters. The number of rotatable bonds is 7. The Balaban J connectivity index is 0.00000338. The minimum absolute atomic E-state index is 0. The monoisotopic (exact) mass is 492 g/mol. The van der Waals surface area contributed by atoms with E-state index in [1.807, 2.05) is 18.2 Å². The van der Waals surface area contributed by atoms with Gasteiger partial charge < -0.3 is 15.5 Å². The summed E-state index contributed by atoms with van der Waals surface area (Å²) in [6.45, 7) is 11.7. The zero-order chi connectivity index (χ0) is 18.1. The predicted octanol–water partition coefficient (Wildman–Crippen LogP) is 4.18. The summed E-state index contributed by atoms with van der Waals surface area (Å²) in [7, 11) is 0. The molecule has 0 spiro atoms. The highest BCUT2D eigenvalue weighted by Gasteiger charge is 2.21. The van der Waals surface area contributed by atoms with Gasteiger partial charge in [0, 0.05) is 37.2 Å². The van der Waals surface area contributed by atoms with E-state index in [-0.39, 0.29) is 24.0 Å². The third-order valence-electron chi connectivity index (χ3n) is 4.73. The second-order valence-electron chi connectivity index (χ2n) is 7.12. The number of halogens is 2. The average Bonchev–Trinajstić information content (AvgIpc) is 2.60. The summed E-state index contributed by atoms with van der Waals surface area (Å²) in [6.07, 6.45) is 3.52. The third-order valence-corrected chi connectivity index (χ3v) is 4.96. The molecule has 148 valence electrons. The van der Waals surface area contributed by atoms with Crippen molar-refractivity contribution >= 4 is 41.5 Å². The number of nitrogens with one attached hydrogen (secondary N) is 2. The predicted molar refractivity (Wildman–Crippen MR) is 124 cm³/mol. The lowest BCUT2D eigenvalue weighted by molar-refractivity contribution is 0.143. The van der Waals surface area contributed by atoms with Crippen LogP contribution in [0.3, 0.4) is 0 Å². The van der Waals surface area contributed by atoms with Crippen molar-refractivity contribution < 1.29 is 0 Å². The molecule has 0 aliphatic carbocycles. The van der Waals surface area contributed by atoms with Crippen LogP contribution in [-0.4, -0.2) is 49.6 Å². The fraction of sp³-hybridized carbons (Fsp3) is 0.650. The summed E-state index contributed by atoms with van der Waals surface area (Å²) in [5.41, 5.74) is 1.25. The van der Waals surface area contributed by atoms with Crippen LogP contribution in [-0.2, 0) is 6.42 Å². The molecule has 0 aromatic heterocycles. The third kappa shape index (κ3) is 8.44. The highest BCUT2D eigenvalue weighted by Crippen LogP contribution is 2.18. The first kappa shape index (κ1) is 23.5. The van der Waals surface area contributed by atoms with Crippen LogP contribution >= 0.6 is 35.6 Å². The van der Waals surface area contributed by atoms with Gasteiger partial charge >= 0.3 is 0 Å². The average molecular weight is 493 g/mol. The van der Waals surface area contributed by atoms with Gasteiger partial charge in [-0.15, -0.1) is 24.0 Å². The molecule has 26 heavy (non-hydrogen) atoms. The van der Waals surface area contributed by atoms with E-state index in [0.29, 0.717) is 12.0 Å². The molecule has 4 nitrogen and oxygen atoms in total. The lowest BCUT2D eigenvalue weighted by Gasteiger charge is -2.34. The summed E-state index contributed by atoms with van der Waals surface area (Å²) in [6, 6.07) is 8.68. The van der Waals surface area contributed by atoms with Crippen LogP contribution in [0.15, 0.2) is 29.3 Å². The molecule has 1 heterocycles. The first-order valence-electron chi connectivity index (χ1n) is 9.59. The van der Waals surface area contributed by atoms with Gasteiger partial charge in [-0.25, -0.2) is 0 Å². The van der Waals surface area contributed by atoms with Crippen LogP contribution in [0.5, 0.6) is 0 Å². The van der Waals surface area contributed by atoms with Gasteiger partial charge in [0.05, 0.1) is 0 Å². The van der Waals surface area contributed by atoms with Gasteiger partial charge in [0.15, 0.2) is 5.96 Å². The van der Waals surface area contributed by atoms with Crippen molar-refractivity contribution in [3.63, 3.8) is 0 Å². The Morgan fingerprint density at radius 2 is 2.15 bits per heavy atom. The van der Waals surface area contributed by atoms with E-state index in [4.69, 9.17) is 16.6 Å². The van der Waals surface area contributed by atoms with E-state index in [1.54, 1.807) is 0 Å². The molecule has 2 N–H and O–H groups in total. The first-order chi connectivity index (χ1) is 12.1. The lowest BCUT2D eigenvalue weighted by Crippen LogP contribution is -2.42. The maximum absolute atomic E-state index is 6.05. The van der Waals surface area contributed by atoms with Crippen molar-refractivity contribution in [1.29, 1.82) is 0 Å². The Morgan fingerprint density at radius 1 is 1.35 bits per heavy atom. The SMILES string of the molecule is CCNC(=NCC1CCCN(C(C)C)C1)NCCc1cccc(Cl)c1.I. The summed E-state index contributed by atoms with van der Waals surface area (Å²) in [5.74, 6) is 1.59. The molecule has 1 aliphatic rings. The number of guanidine groups is 1. The molecule has 0 saturated carbocycles. The van der Waals surface area contributed by atoms with E-state index >= 15 is 0 Å². The molecule has 1 atom stereocenters. The van der Waals surface area contributed by atoms with Gasteiger partial charge in [-0.3, -0.25) is 4.99 Å². The van der Waals surface area contributed by atoms with E-state index < -0.39 is 0 Å². The van der Waals surface area contributed by atoms with Crippen molar-refractivity contribution in [1.82, 2.24) is 15.5 Å². The van der Waals surface area contributed by atoms with Crippen molar-refractivity contribution in [3.05, 3.63) is 34.9 Å². The topological polar surface area (TPSA) is 39.7 Å². The van der Waals surface area contributed by atoms with Crippen molar-refractivity contribution in [2.24, 2.45) is 10.9 Å². The minimum atomic E-state index is 0. The lowest BCUT2D eigenvalue weighted by atomic mass is 9.97. The van der Waals surface area contributed by atoms with Crippen molar-refractivity contribution in [2.75, 3.05) is 32.7 Å². The Kier molecular flexibility index (Phi) is 11.6. The van der Waals surface area contributed by atoms with Crippen LogP contribution in [0.25, 0.3) is 0 Å². The van der Waals surface area contributed by atoms with Gasteiger partial charge in [-0.1, -0.05) is 23.7 Å². The number of hydrogen-bond donors (Lipinski definition) is 2. The maximum Gasteiger partial charge on any atom is 0.191 e. The Labute approximate surface area is 181 Å². The first-order valence-corrected chi connectivity index (χ1v) is 9.97. The molecule has 1 saturated heterocycles. The molecule has 6 heteroatoms. The van der Waals surface area contributed by atoms with E-state index in [1.165, 1.54) is 31.5 Å². The number of likely N-dealkylation sites (tertiary alicyclic amines) is 1. The molecule has 0 bridgehead atoms. The summed E-state index contributed by atoms with van der Waals surface area (Å²) in [5, 5.41) is 7.59. The van der Waals surface area contributed by atoms with Crippen LogP contribution < -0.4 is 10.6 Å². The second-order valence-corrected chi connectivity index (χ2v) is 7.56. The standard InChI is InChI=1S/C20H33ClN4.HI/c1-4-22-20(23-11-10-17-7-5-9-19(21)13-17)24-14-18-8-6-12-25(15-18)16(2)3;/h5,7,9,13,16,18H,4,6,8,10-12,14-15H2,1-3H3,(H2,22,23,24);1H. The zero-order valence-corrected chi connectivity index (χ0v) is 19.4. The molecule has 1 aromatic carbocycles. The highest BCUT2D eigenvalue weighted by molar-refractivity contribution is 14.0. The number of nitrogens with zero attached hydrogens (tertiary/aromatic N) is 2. The van der Waals surface area contributed by atoms with E-state index in [0.717, 1.165) is 37.0 Å². The Hall–Kier alpha value is -0.530. The molecule has 1 aliphatic heterocycles. The van der Waals surface area contributed by atoms with Gasteiger partial charge in [-0.05, 0) is 70.2 Å². The number of aliphatic imine (C=N–C) groups is 1. The maximum atomic E-state index is 6.05. The highest BCUT2D eigenvalue weighted by atomic mass is 127. The van der Waals surface area contributed by atoms with E-state index in [9.17, 15) is 0 Å². The minimum Gasteiger partial charge on any atom is -0.357 e. The largest absolute Gasteiger partial charge is 0.357 e. The molecule has 2 rings (SSSR count). The Bertz CT molecular complexity index is 550. The molecule has 1 aromatic rings. The van der Waals surface area contributed by atoms with Gasteiger partial charge in [0.1, 0.15) is 0 Å². The van der Waals surface area contributed by atoms with Crippen LogP contribution in [0.2, 0.25) is 5.02 Å². The van der Waals surface area contributed by atoms with Crippen molar-refractivity contribution in [3.8, 4) is 0 Å². The quantitative estimate of drug-likeness (QED) is 0.341. The molecule has 1 fully saturated rings.